The van der Waals surface area contributed by atoms with E-state index in [9.17, 15) is 4.79 Å². The van der Waals surface area contributed by atoms with Crippen LogP contribution in [0.5, 0.6) is 0 Å². The fraction of sp³-hybridized carbons (Fsp3) is 0.974. The van der Waals surface area contributed by atoms with Crippen LogP contribution in [-0.2, 0) is 9.53 Å². The van der Waals surface area contributed by atoms with Crippen molar-refractivity contribution in [3.63, 3.8) is 0 Å². The average molecular weight is 719 g/mol. The number of nitrogens with one attached hydrogen (secondary N) is 2. The smallest absolute Gasteiger partial charge is 0.308 e. The van der Waals surface area contributed by atoms with Gasteiger partial charge in [-0.25, -0.2) is 0 Å². The van der Waals surface area contributed by atoms with Crippen LogP contribution in [0.4, 0.5) is 0 Å². The third-order valence-corrected chi connectivity index (χ3v) is 10.6. The lowest BCUT2D eigenvalue weighted by Crippen LogP contribution is -2.61. The summed E-state index contributed by atoms with van der Waals surface area (Å²) in [5.74, 6) is -0.0239. The van der Waals surface area contributed by atoms with Crippen molar-refractivity contribution in [1.82, 2.24) is 10.6 Å². The molecule has 1 aliphatic rings. The standard InChI is InChI=1S/C38H75IN2O2/c1-7-9-11-13-15-17-18-19-21-23-25-27-30-38(39,29-26-24-22-20-16-14-12-10-8-2)43-35(42)28-31-40-34-32-36(3,4)41-37(5,6)33-34/h34,40-41H,7-33H2,1-6H3. The number of esters is 1. The van der Waals surface area contributed by atoms with Crippen LogP contribution in [0.25, 0.3) is 0 Å². The van der Waals surface area contributed by atoms with Crippen LogP contribution in [-0.4, -0.2) is 33.2 Å². The van der Waals surface area contributed by atoms with Crippen molar-refractivity contribution in [2.24, 2.45) is 0 Å². The molecule has 0 aliphatic carbocycles. The van der Waals surface area contributed by atoms with E-state index in [4.69, 9.17) is 4.74 Å². The van der Waals surface area contributed by atoms with E-state index in [-0.39, 0.29) is 20.7 Å². The second-order valence-electron chi connectivity index (χ2n) is 15.3. The third-order valence-electron chi connectivity index (χ3n) is 9.31. The molecule has 0 bridgehead atoms. The predicted octanol–water partition coefficient (Wildman–Crippen LogP) is 12.0. The Labute approximate surface area is 283 Å². The van der Waals surface area contributed by atoms with Gasteiger partial charge in [-0.2, -0.15) is 0 Å². The molecule has 4 nitrogen and oxygen atoms in total. The van der Waals surface area contributed by atoms with Gasteiger partial charge in [0.1, 0.15) is 0 Å². The summed E-state index contributed by atoms with van der Waals surface area (Å²) in [6, 6.07) is 0.437. The SMILES string of the molecule is CCCCCCCCCCCCCCC(I)(CCCCCCCCCCC)OC(=O)CCNC1CC(C)(C)NC(C)(C)C1. The molecule has 2 N–H and O–H groups in total. The van der Waals surface area contributed by atoms with E-state index >= 15 is 0 Å². The number of rotatable bonds is 28. The maximum absolute atomic E-state index is 13.1. The van der Waals surface area contributed by atoms with Gasteiger partial charge in [0.15, 0.2) is 3.61 Å². The lowest BCUT2D eigenvalue weighted by atomic mass is 9.79. The molecule has 1 saturated heterocycles. The van der Waals surface area contributed by atoms with Gasteiger partial charge in [-0.15, -0.1) is 0 Å². The molecule has 1 unspecified atom stereocenters. The molecule has 43 heavy (non-hydrogen) atoms. The van der Waals surface area contributed by atoms with Gasteiger partial charge in [0, 0.05) is 23.7 Å². The molecule has 1 aliphatic heterocycles. The van der Waals surface area contributed by atoms with Gasteiger partial charge in [-0.3, -0.25) is 4.79 Å². The van der Waals surface area contributed by atoms with Crippen LogP contribution in [0.2, 0.25) is 0 Å². The van der Waals surface area contributed by atoms with E-state index in [2.05, 4.69) is 74.8 Å². The quantitative estimate of drug-likeness (QED) is 0.0366. The fourth-order valence-corrected chi connectivity index (χ4v) is 8.27. The maximum atomic E-state index is 13.1. The molecule has 0 aromatic heterocycles. The Bertz CT molecular complexity index is 667. The Hall–Kier alpha value is 0.120. The Morgan fingerprint density at radius 2 is 1.02 bits per heavy atom. The number of unbranched alkanes of at least 4 members (excludes halogenated alkanes) is 19. The van der Waals surface area contributed by atoms with Crippen molar-refractivity contribution in [2.45, 2.75) is 229 Å². The van der Waals surface area contributed by atoms with E-state index < -0.39 is 0 Å². The summed E-state index contributed by atoms with van der Waals surface area (Å²) in [7, 11) is 0. The first kappa shape index (κ1) is 41.1. The number of hydrogen-bond acceptors (Lipinski definition) is 4. The molecule has 1 rings (SSSR count). The first-order chi connectivity index (χ1) is 20.5. The van der Waals surface area contributed by atoms with Gasteiger partial charge in [0.05, 0.1) is 6.42 Å². The molecule has 1 atom stereocenters. The van der Waals surface area contributed by atoms with Crippen LogP contribution in [0.3, 0.4) is 0 Å². The highest BCUT2D eigenvalue weighted by Gasteiger charge is 2.37. The van der Waals surface area contributed by atoms with Crippen LogP contribution in [0, 0.1) is 0 Å². The van der Waals surface area contributed by atoms with E-state index in [0.29, 0.717) is 19.0 Å². The normalized spacial score (nSPS) is 18.0. The zero-order valence-corrected chi connectivity index (χ0v) is 32.0. The summed E-state index contributed by atoms with van der Waals surface area (Å²) < 4.78 is 5.94. The summed E-state index contributed by atoms with van der Waals surface area (Å²) in [4.78, 5) is 13.1. The number of ether oxygens (including phenoxy) is 1. The van der Waals surface area contributed by atoms with Gasteiger partial charge in [-0.05, 0) is 88.8 Å². The second-order valence-corrected chi connectivity index (χ2v) is 17.2. The summed E-state index contributed by atoms with van der Waals surface area (Å²) in [5, 5.41) is 7.44. The Morgan fingerprint density at radius 1 is 0.674 bits per heavy atom. The van der Waals surface area contributed by atoms with Crippen molar-refractivity contribution in [3.8, 4) is 0 Å². The molecule has 0 spiro atoms. The highest BCUT2D eigenvalue weighted by atomic mass is 127. The van der Waals surface area contributed by atoms with Gasteiger partial charge >= 0.3 is 5.97 Å². The molecule has 1 heterocycles. The maximum Gasteiger partial charge on any atom is 0.308 e. The van der Waals surface area contributed by atoms with Crippen molar-refractivity contribution in [3.05, 3.63) is 0 Å². The molecular formula is C38H75IN2O2. The van der Waals surface area contributed by atoms with E-state index in [0.717, 1.165) is 25.7 Å². The van der Waals surface area contributed by atoms with Crippen LogP contribution >= 0.6 is 22.6 Å². The molecule has 0 aromatic carbocycles. The van der Waals surface area contributed by atoms with Gasteiger partial charge in [-0.1, -0.05) is 136 Å². The molecule has 0 radical (unpaired) electrons. The minimum Gasteiger partial charge on any atom is -0.448 e. The number of alkyl halides is 1. The van der Waals surface area contributed by atoms with Gasteiger partial charge in [0.2, 0.25) is 0 Å². The summed E-state index contributed by atoms with van der Waals surface area (Å²) in [6.07, 6.45) is 32.9. The Kier molecular flexibility index (Phi) is 23.3. The molecule has 5 heteroatoms. The Morgan fingerprint density at radius 3 is 1.40 bits per heavy atom. The van der Waals surface area contributed by atoms with Crippen molar-refractivity contribution < 1.29 is 9.53 Å². The zero-order chi connectivity index (χ0) is 31.9. The fourth-order valence-electron chi connectivity index (χ4n) is 7.26. The summed E-state index contributed by atoms with van der Waals surface area (Å²) >= 11 is 2.50. The molecule has 0 amide bonds. The number of hydrogen-bond donors (Lipinski definition) is 2. The van der Waals surface area contributed by atoms with Crippen molar-refractivity contribution in [1.29, 1.82) is 0 Å². The van der Waals surface area contributed by atoms with E-state index in [1.165, 1.54) is 135 Å². The van der Waals surface area contributed by atoms with E-state index in [1.54, 1.807) is 0 Å². The van der Waals surface area contributed by atoms with Crippen LogP contribution < -0.4 is 10.6 Å². The topological polar surface area (TPSA) is 50.4 Å². The monoisotopic (exact) mass is 718 g/mol. The molecule has 0 aromatic rings. The number of piperidine rings is 1. The second kappa shape index (κ2) is 24.3. The van der Waals surface area contributed by atoms with Crippen LogP contribution in [0.1, 0.15) is 208 Å². The van der Waals surface area contributed by atoms with Crippen LogP contribution in [0.15, 0.2) is 0 Å². The first-order valence-electron chi connectivity index (χ1n) is 18.9. The highest BCUT2D eigenvalue weighted by molar-refractivity contribution is 14.1. The van der Waals surface area contributed by atoms with Gasteiger partial charge in [0.25, 0.3) is 0 Å². The number of halogens is 1. The molecular weight excluding hydrogens is 643 g/mol. The largest absolute Gasteiger partial charge is 0.448 e. The zero-order valence-electron chi connectivity index (χ0n) is 29.9. The lowest BCUT2D eigenvalue weighted by molar-refractivity contribution is -0.151. The van der Waals surface area contributed by atoms with Crippen molar-refractivity contribution in [2.75, 3.05) is 6.54 Å². The van der Waals surface area contributed by atoms with Crippen molar-refractivity contribution >= 4 is 28.6 Å². The molecule has 0 saturated carbocycles. The number of carbonyl (C=O) groups excluding carboxylic acids is 1. The lowest BCUT2D eigenvalue weighted by Gasteiger charge is -2.46. The van der Waals surface area contributed by atoms with Gasteiger partial charge < -0.3 is 15.4 Å². The highest BCUT2D eigenvalue weighted by Crippen LogP contribution is 2.35. The van der Waals surface area contributed by atoms with E-state index in [1.807, 2.05) is 0 Å². The molecule has 256 valence electrons. The summed E-state index contributed by atoms with van der Waals surface area (Å²) in [5.41, 5.74) is 0.224. The minimum absolute atomic E-state index is 0.0239. The number of carbonyl (C=O) groups is 1. The summed E-state index contributed by atoms with van der Waals surface area (Å²) in [6.45, 7) is 14.4. The average Bonchev–Trinajstić information content (AvgIpc) is 2.91. The molecule has 1 fully saturated rings. The Balaban J connectivity index is 2.39. The first-order valence-corrected chi connectivity index (χ1v) is 20.0. The minimum atomic E-state index is -0.340. The predicted molar refractivity (Wildman–Crippen MR) is 197 cm³/mol. The third kappa shape index (κ3) is 23.1.